The Kier molecular flexibility index (Phi) is 6.64. The highest BCUT2D eigenvalue weighted by Crippen LogP contribution is 2.12. The number of hydrogen-bond acceptors (Lipinski definition) is 3. The largest absolute Gasteiger partial charge is 0.464 e. The maximum absolute atomic E-state index is 11.8. The first-order valence-electron chi connectivity index (χ1n) is 6.95. The zero-order chi connectivity index (χ0) is 15.9. The molecule has 1 unspecified atom stereocenters. The molecule has 1 atom stereocenters. The topological polar surface area (TPSA) is 86.7 Å². The van der Waals surface area contributed by atoms with Crippen LogP contribution in [0, 0.1) is 0 Å². The van der Waals surface area contributed by atoms with E-state index in [2.05, 4.69) is 4.83 Å². The molecule has 1 aromatic rings. The molecule has 1 amide bonds. The fourth-order valence-corrected chi connectivity index (χ4v) is 3.19. The van der Waals surface area contributed by atoms with Crippen molar-refractivity contribution in [3.63, 3.8) is 0 Å². The maximum Gasteiger partial charge on any atom is 0.422 e. The van der Waals surface area contributed by atoms with Gasteiger partial charge in [0.15, 0.2) is 0 Å². The second-order valence-corrected chi connectivity index (χ2v) is 6.63. The van der Waals surface area contributed by atoms with Crippen LogP contribution in [-0.4, -0.2) is 36.4 Å². The van der Waals surface area contributed by atoms with Crippen LogP contribution in [0.5, 0.6) is 0 Å². The average molecular weight is 314 g/mol. The molecule has 1 aromatic carbocycles. The molecular formula is C14H22N2O4S. The van der Waals surface area contributed by atoms with Crippen LogP contribution in [-0.2, 0) is 16.4 Å². The zero-order valence-corrected chi connectivity index (χ0v) is 13.1. The predicted octanol–water partition coefficient (Wildman–Crippen LogP) is 2.23. The summed E-state index contributed by atoms with van der Waals surface area (Å²) in [5.74, 6) is -0.0987. The normalized spacial score (nSPS) is 12.9. The number of nitrogens with one attached hydrogen (secondary N) is 1. The Morgan fingerprint density at radius 3 is 2.38 bits per heavy atom. The quantitative estimate of drug-likeness (QED) is 0.720. The fraction of sp³-hybridized carbons (Fsp3) is 0.500. The van der Waals surface area contributed by atoms with Gasteiger partial charge in [-0.25, -0.2) is 18.2 Å². The minimum atomic E-state index is -3.63. The second-order valence-electron chi connectivity index (χ2n) is 4.81. The molecule has 0 radical (unpaired) electrons. The van der Waals surface area contributed by atoms with Gasteiger partial charge in [0.25, 0.3) is 0 Å². The van der Waals surface area contributed by atoms with Gasteiger partial charge in [0, 0.05) is 0 Å². The third kappa shape index (κ3) is 5.73. The number of hydrogen-bond donors (Lipinski definition) is 2. The lowest BCUT2D eigenvalue weighted by atomic mass is 10.0. The summed E-state index contributed by atoms with van der Waals surface area (Å²) in [6, 6.07) is 8.95. The number of nitrogens with zero attached hydrogens (tertiary/aromatic N) is 1. The Balaban J connectivity index is 2.88. The molecule has 21 heavy (non-hydrogen) atoms. The van der Waals surface area contributed by atoms with E-state index in [0.29, 0.717) is 19.3 Å². The van der Waals surface area contributed by atoms with E-state index in [1.165, 1.54) is 0 Å². The number of amides is 1. The first kappa shape index (κ1) is 17.5. The average Bonchev–Trinajstić information content (AvgIpc) is 2.43. The molecule has 1 rings (SSSR count). The van der Waals surface area contributed by atoms with Crippen LogP contribution < -0.4 is 4.83 Å². The van der Waals surface area contributed by atoms with Crippen LogP contribution in [0.15, 0.2) is 30.3 Å². The third-order valence-corrected chi connectivity index (χ3v) is 4.49. The summed E-state index contributed by atoms with van der Waals surface area (Å²) in [6.07, 6.45) is 0.101. The van der Waals surface area contributed by atoms with Crippen LogP contribution in [0.25, 0.3) is 0 Å². The van der Waals surface area contributed by atoms with Gasteiger partial charge in [-0.1, -0.05) is 44.2 Å². The van der Waals surface area contributed by atoms with E-state index in [1.54, 1.807) is 6.92 Å². The van der Waals surface area contributed by atoms with Gasteiger partial charge in [-0.2, -0.15) is 0 Å². The van der Waals surface area contributed by atoms with E-state index >= 15 is 0 Å². The second kappa shape index (κ2) is 7.99. The Morgan fingerprint density at radius 2 is 1.90 bits per heavy atom. The molecule has 0 fully saturated rings. The standard InChI is InChI=1S/C14H22N2O4S/c1-3-10-21(19,20)15-16(14(17)18)13(4-2)11-12-8-6-5-7-9-12/h5-9,13,15H,3-4,10-11H2,1-2H3,(H,17,18). The van der Waals surface area contributed by atoms with E-state index < -0.39 is 22.2 Å². The summed E-state index contributed by atoms with van der Waals surface area (Å²) in [7, 11) is -3.63. The van der Waals surface area contributed by atoms with Crippen molar-refractivity contribution in [2.24, 2.45) is 0 Å². The number of benzene rings is 1. The van der Waals surface area contributed by atoms with Gasteiger partial charge in [-0.15, -0.1) is 4.83 Å². The third-order valence-electron chi connectivity index (χ3n) is 3.07. The molecule has 2 N–H and O–H groups in total. The van der Waals surface area contributed by atoms with Gasteiger partial charge >= 0.3 is 6.09 Å². The molecule has 0 aliphatic rings. The molecule has 6 nitrogen and oxygen atoms in total. The molecule has 0 aliphatic heterocycles. The zero-order valence-electron chi connectivity index (χ0n) is 12.3. The number of sulfonamides is 1. The highest BCUT2D eigenvalue weighted by atomic mass is 32.2. The number of carbonyl (C=O) groups is 1. The Morgan fingerprint density at radius 1 is 1.29 bits per heavy atom. The summed E-state index contributed by atoms with van der Waals surface area (Å²) in [6.45, 7) is 3.56. The molecule has 7 heteroatoms. The van der Waals surface area contributed by atoms with Crippen LogP contribution in [0.3, 0.4) is 0 Å². The highest BCUT2D eigenvalue weighted by Gasteiger charge is 2.26. The van der Waals surface area contributed by atoms with Crippen molar-refractivity contribution < 1.29 is 18.3 Å². The van der Waals surface area contributed by atoms with Crippen molar-refractivity contribution in [3.8, 4) is 0 Å². The van der Waals surface area contributed by atoms with E-state index in [-0.39, 0.29) is 5.75 Å². The minimum absolute atomic E-state index is 0.0987. The molecule has 0 bridgehead atoms. The molecule has 0 spiro atoms. The Bertz CT molecular complexity index is 545. The summed E-state index contributed by atoms with van der Waals surface area (Å²) in [4.78, 5) is 13.5. The van der Waals surface area contributed by atoms with E-state index in [4.69, 9.17) is 0 Å². The molecule has 0 aliphatic carbocycles. The van der Waals surface area contributed by atoms with Crippen LogP contribution in [0.1, 0.15) is 32.3 Å². The Hall–Kier alpha value is -1.60. The van der Waals surface area contributed by atoms with E-state index in [0.717, 1.165) is 10.6 Å². The summed E-state index contributed by atoms with van der Waals surface area (Å²) in [5, 5.41) is 10.1. The van der Waals surface area contributed by atoms with Crippen molar-refractivity contribution in [3.05, 3.63) is 35.9 Å². The predicted molar refractivity (Wildman–Crippen MR) is 81.3 cm³/mol. The molecule has 0 aromatic heterocycles. The lowest BCUT2D eigenvalue weighted by Gasteiger charge is -2.28. The monoisotopic (exact) mass is 314 g/mol. The SMILES string of the molecule is CCCS(=O)(=O)NN(C(=O)O)C(CC)Cc1ccccc1. The van der Waals surface area contributed by atoms with Crippen molar-refractivity contribution in [1.29, 1.82) is 0 Å². The molecule has 118 valence electrons. The van der Waals surface area contributed by atoms with Gasteiger partial charge in [0.05, 0.1) is 11.8 Å². The van der Waals surface area contributed by atoms with Gasteiger partial charge in [0.2, 0.25) is 10.0 Å². The first-order valence-corrected chi connectivity index (χ1v) is 8.61. The van der Waals surface area contributed by atoms with E-state index in [9.17, 15) is 18.3 Å². The molecule has 0 heterocycles. The summed E-state index contributed by atoms with van der Waals surface area (Å²) < 4.78 is 23.6. The number of carboxylic acid groups (broad SMARTS) is 1. The first-order chi connectivity index (χ1) is 9.89. The highest BCUT2D eigenvalue weighted by molar-refractivity contribution is 7.89. The van der Waals surface area contributed by atoms with Crippen molar-refractivity contribution in [2.75, 3.05) is 5.75 Å². The number of hydrazine groups is 1. The Labute approximate surface area is 125 Å². The molecule has 0 saturated heterocycles. The maximum atomic E-state index is 11.8. The van der Waals surface area contributed by atoms with E-state index in [1.807, 2.05) is 37.3 Å². The van der Waals surface area contributed by atoms with Gasteiger partial charge in [0.1, 0.15) is 0 Å². The van der Waals surface area contributed by atoms with Gasteiger partial charge < -0.3 is 5.11 Å². The lowest BCUT2D eigenvalue weighted by Crippen LogP contribution is -2.52. The fourth-order valence-electron chi connectivity index (χ4n) is 2.04. The summed E-state index contributed by atoms with van der Waals surface area (Å²) >= 11 is 0. The van der Waals surface area contributed by atoms with Crippen molar-refractivity contribution >= 4 is 16.1 Å². The number of rotatable bonds is 8. The molecule has 0 saturated carbocycles. The summed E-state index contributed by atoms with van der Waals surface area (Å²) in [5.41, 5.74) is 0.963. The van der Waals surface area contributed by atoms with Gasteiger partial charge in [-0.05, 0) is 24.8 Å². The lowest BCUT2D eigenvalue weighted by molar-refractivity contribution is 0.110. The van der Waals surface area contributed by atoms with Crippen LogP contribution in [0.2, 0.25) is 0 Å². The smallest absolute Gasteiger partial charge is 0.422 e. The van der Waals surface area contributed by atoms with Crippen LogP contribution in [0.4, 0.5) is 4.79 Å². The minimum Gasteiger partial charge on any atom is -0.464 e. The van der Waals surface area contributed by atoms with Crippen LogP contribution >= 0.6 is 0 Å². The molecular weight excluding hydrogens is 292 g/mol. The van der Waals surface area contributed by atoms with Crippen molar-refractivity contribution in [2.45, 2.75) is 39.2 Å². The van der Waals surface area contributed by atoms with Crippen molar-refractivity contribution in [1.82, 2.24) is 9.84 Å². The van der Waals surface area contributed by atoms with Gasteiger partial charge in [-0.3, -0.25) is 0 Å².